The summed E-state index contributed by atoms with van der Waals surface area (Å²) in [5.41, 5.74) is -0.760. The average molecular weight is 626 g/mol. The zero-order valence-corrected chi connectivity index (χ0v) is 21.8. The molecule has 1 saturated heterocycles. The van der Waals surface area contributed by atoms with Crippen LogP contribution in [0.25, 0.3) is 0 Å². The molecule has 0 N–H and O–H groups in total. The Kier molecular flexibility index (Phi) is 6.43. The molecular formula is C25H27F4IO6. The van der Waals surface area contributed by atoms with Crippen molar-refractivity contribution >= 4 is 32.6 Å². The molecule has 11 heteroatoms. The van der Waals surface area contributed by atoms with Gasteiger partial charge in [0.25, 0.3) is 0 Å². The minimum absolute atomic E-state index is 0.0918. The van der Waals surface area contributed by atoms with E-state index in [0.29, 0.717) is 22.8 Å². The monoisotopic (exact) mass is 626 g/mol. The van der Waals surface area contributed by atoms with E-state index >= 15 is 0 Å². The maximum atomic E-state index is 14.0. The van der Waals surface area contributed by atoms with Gasteiger partial charge in [0, 0.05) is 0 Å². The Bertz CT molecular complexity index is 1030. The summed E-state index contributed by atoms with van der Waals surface area (Å²) in [7, 11) is 0. The van der Waals surface area contributed by atoms with Crippen LogP contribution in [-0.2, 0) is 25.2 Å². The molecule has 1 spiro atoms. The fourth-order valence-electron chi connectivity index (χ4n) is 6.21. The third kappa shape index (κ3) is 4.24. The van der Waals surface area contributed by atoms with Crippen LogP contribution in [0.4, 0.5) is 17.6 Å². The van der Waals surface area contributed by atoms with Gasteiger partial charge in [-0.2, -0.15) is 0 Å². The molecule has 0 radical (unpaired) electrons. The van der Waals surface area contributed by atoms with Crippen molar-refractivity contribution in [3.63, 3.8) is 0 Å². The Balaban J connectivity index is 1.38. The minimum atomic E-state index is -4.34. The van der Waals surface area contributed by atoms with Crippen molar-refractivity contribution in [3.8, 4) is 0 Å². The number of carbonyl (C=O) groups excluding carboxylic acids is 2. The van der Waals surface area contributed by atoms with Crippen LogP contribution in [0.2, 0.25) is 0 Å². The molecule has 5 aliphatic rings. The van der Waals surface area contributed by atoms with Gasteiger partial charge in [-0.1, -0.05) is 0 Å². The average Bonchev–Trinajstić information content (AvgIpc) is 2.91. The summed E-state index contributed by atoms with van der Waals surface area (Å²) in [6, 6.07) is 8.75. The first-order chi connectivity index (χ1) is 16.9. The number of hydrogen-bond acceptors (Lipinski definition) is 6. The van der Waals surface area contributed by atoms with Crippen LogP contribution in [0, 0.1) is 26.7 Å². The predicted octanol–water partition coefficient (Wildman–Crippen LogP) is 5.70. The van der Waals surface area contributed by atoms with Crippen LogP contribution in [-0.4, -0.2) is 42.8 Å². The molecule has 198 valence electrons. The molecular weight excluding hydrogens is 599 g/mol. The second-order valence-electron chi connectivity index (χ2n) is 10.4. The molecule has 4 aliphatic carbocycles. The molecule has 1 aromatic carbocycles. The molecule has 0 aromatic heterocycles. The zero-order chi connectivity index (χ0) is 25.9. The maximum absolute atomic E-state index is 14.0. The van der Waals surface area contributed by atoms with Crippen molar-refractivity contribution in [3.05, 3.63) is 46.1 Å². The van der Waals surface area contributed by atoms with E-state index in [-0.39, 0.29) is 24.3 Å². The quantitative estimate of drug-likeness (QED) is 0.238. The summed E-state index contributed by atoms with van der Waals surface area (Å²) in [5, 5.41) is 0. The summed E-state index contributed by atoms with van der Waals surface area (Å²) in [4.78, 5) is 25.9. The predicted molar refractivity (Wildman–Crippen MR) is 127 cm³/mol. The van der Waals surface area contributed by atoms with Gasteiger partial charge in [0.1, 0.15) is 0 Å². The van der Waals surface area contributed by atoms with Gasteiger partial charge in [-0.15, -0.1) is 0 Å². The molecule has 1 heterocycles. The van der Waals surface area contributed by atoms with Gasteiger partial charge >= 0.3 is 214 Å². The van der Waals surface area contributed by atoms with E-state index < -0.39 is 80.7 Å². The summed E-state index contributed by atoms with van der Waals surface area (Å²) in [6.07, 6.45) is 2.03. The molecule has 36 heavy (non-hydrogen) atoms. The Morgan fingerprint density at radius 2 is 1.50 bits per heavy atom. The number of alkyl halides is 4. The second kappa shape index (κ2) is 8.93. The summed E-state index contributed by atoms with van der Waals surface area (Å²) in [6.45, 7) is 2.22. The second-order valence-corrected chi connectivity index (χ2v) is 13.7. The normalized spacial score (nSPS) is 33.5. The van der Waals surface area contributed by atoms with Gasteiger partial charge in [-0.25, -0.2) is 0 Å². The Morgan fingerprint density at radius 1 is 0.944 bits per heavy atom. The van der Waals surface area contributed by atoms with Crippen molar-refractivity contribution in [1.82, 2.24) is 0 Å². The Hall–Kier alpha value is -1.73. The van der Waals surface area contributed by atoms with Crippen LogP contribution in [0.1, 0.15) is 39.0 Å². The topological polar surface area (TPSA) is 71.1 Å². The first kappa shape index (κ1) is 25.9. The van der Waals surface area contributed by atoms with E-state index in [4.69, 9.17) is 15.6 Å². The first-order valence-electron chi connectivity index (χ1n) is 11.8. The van der Waals surface area contributed by atoms with Crippen molar-refractivity contribution in [1.29, 1.82) is 0 Å². The molecule has 1 aromatic rings. The van der Waals surface area contributed by atoms with E-state index in [9.17, 15) is 27.2 Å². The van der Waals surface area contributed by atoms with Crippen LogP contribution in [0.15, 0.2) is 42.5 Å². The van der Waals surface area contributed by atoms with Crippen LogP contribution < -0.4 is 0 Å². The third-order valence-electron chi connectivity index (χ3n) is 7.79. The number of carbonyl (C=O) groups is 2. The van der Waals surface area contributed by atoms with E-state index in [0.717, 1.165) is 0 Å². The van der Waals surface area contributed by atoms with Crippen LogP contribution >= 0.6 is 20.6 Å². The zero-order valence-electron chi connectivity index (χ0n) is 19.6. The molecule has 6 nitrogen and oxygen atoms in total. The number of ether oxygens (including phenoxy) is 2. The van der Waals surface area contributed by atoms with Gasteiger partial charge in [-0.3, -0.25) is 0 Å². The molecule has 2 unspecified atom stereocenters. The van der Waals surface area contributed by atoms with E-state index in [2.05, 4.69) is 6.58 Å². The van der Waals surface area contributed by atoms with Crippen LogP contribution in [0.3, 0.4) is 0 Å². The molecule has 4 bridgehead atoms. The first-order valence-corrected chi connectivity index (χ1v) is 14.6. The van der Waals surface area contributed by atoms with E-state index in [1.807, 2.05) is 0 Å². The van der Waals surface area contributed by atoms with Gasteiger partial charge in [0.2, 0.25) is 0 Å². The van der Waals surface area contributed by atoms with Crippen molar-refractivity contribution in [2.24, 2.45) is 23.2 Å². The van der Waals surface area contributed by atoms with Gasteiger partial charge in [0.05, 0.1) is 0 Å². The van der Waals surface area contributed by atoms with Crippen molar-refractivity contribution < 1.29 is 42.8 Å². The van der Waals surface area contributed by atoms with Crippen molar-refractivity contribution in [2.45, 2.75) is 56.7 Å². The summed E-state index contributed by atoms with van der Waals surface area (Å²) < 4.78 is 79.3. The molecule has 4 saturated carbocycles. The fourth-order valence-corrected chi connectivity index (χ4v) is 9.38. The number of rotatable bonds is 5. The molecule has 0 amide bonds. The molecule has 2 atom stereocenters. The third-order valence-corrected chi connectivity index (χ3v) is 11.1. The molecule has 1 aliphatic heterocycles. The Labute approximate surface area is 214 Å². The number of hydrogen-bond donors (Lipinski definition) is 0. The fraction of sp³-hybridized carbons (Fsp3) is 0.600. The standard InChI is InChI=1S/C25H27F4IO6/c1-15(2)20(31)35-30(19-6-4-3-5-7-19)36-21(32)22-10-16-8-17(11-22)25(18(9-16)12-22)33-13-23(26,27)24(28,29)14-34-25/h3-7,16-18H,1,8-14H2,2H3. The van der Waals surface area contributed by atoms with E-state index in [1.165, 1.54) is 6.92 Å². The van der Waals surface area contributed by atoms with E-state index in [1.54, 1.807) is 30.3 Å². The van der Waals surface area contributed by atoms with Crippen LogP contribution in [0.5, 0.6) is 0 Å². The van der Waals surface area contributed by atoms with Gasteiger partial charge < -0.3 is 0 Å². The van der Waals surface area contributed by atoms with Crippen molar-refractivity contribution in [2.75, 3.05) is 13.2 Å². The number of halogens is 5. The number of benzene rings is 1. The summed E-state index contributed by atoms with van der Waals surface area (Å²) in [5.74, 6) is -12.3. The Morgan fingerprint density at radius 3 is 2.03 bits per heavy atom. The molecule has 5 fully saturated rings. The van der Waals surface area contributed by atoms with Gasteiger partial charge in [-0.05, 0) is 0 Å². The molecule has 6 rings (SSSR count). The summed E-state index contributed by atoms with van der Waals surface area (Å²) >= 11 is -3.22. The SMILES string of the molecule is C=C(C)C(=O)OI(OC(=O)C12CC3CC(C1)C1(OCC(F)(F)C(F)(F)CO1)C(C3)C2)c1ccccc1. The van der Waals surface area contributed by atoms with Gasteiger partial charge in [0.15, 0.2) is 0 Å².